The highest BCUT2D eigenvalue weighted by atomic mass is 79.9. The minimum atomic E-state index is -0.497. The van der Waals surface area contributed by atoms with E-state index in [0.29, 0.717) is 21.2 Å². The van der Waals surface area contributed by atoms with Crippen LogP contribution in [0.4, 0.5) is 21.6 Å². The Balaban J connectivity index is 2.05. The van der Waals surface area contributed by atoms with Gasteiger partial charge >= 0.3 is 0 Å². The van der Waals surface area contributed by atoms with Crippen LogP contribution in [0.5, 0.6) is 0 Å². The lowest BCUT2D eigenvalue weighted by molar-refractivity contribution is -0.384. The summed E-state index contributed by atoms with van der Waals surface area (Å²) in [4.78, 5) is 18.4. The molecule has 3 rings (SSSR count). The Bertz CT molecular complexity index is 888. The number of fused-ring (bicyclic) bond motifs is 1. The maximum absolute atomic E-state index is 13.9. The predicted molar refractivity (Wildman–Crippen MR) is 83.6 cm³/mol. The van der Waals surface area contributed by atoms with E-state index in [9.17, 15) is 14.5 Å². The highest BCUT2D eigenvalue weighted by Gasteiger charge is 2.11. The number of halogens is 2. The second-order valence-corrected chi connectivity index (χ2v) is 5.35. The first-order valence-electron chi connectivity index (χ1n) is 6.16. The van der Waals surface area contributed by atoms with Gasteiger partial charge in [0.05, 0.1) is 16.1 Å². The number of nitrogens with one attached hydrogen (secondary N) is 1. The number of hydrogen-bond acceptors (Lipinski definition) is 5. The molecule has 6 nitrogen and oxygen atoms in total. The first-order chi connectivity index (χ1) is 10.5. The molecule has 0 fully saturated rings. The number of anilines is 2. The summed E-state index contributed by atoms with van der Waals surface area (Å²) in [6.45, 7) is 0. The molecule has 2 aromatic carbocycles. The zero-order valence-corrected chi connectivity index (χ0v) is 12.5. The molecular formula is C14H8BrFN4O2. The first kappa shape index (κ1) is 14.3. The minimum absolute atomic E-state index is 0.0630. The smallest absolute Gasteiger partial charge is 0.271 e. The third-order valence-electron chi connectivity index (χ3n) is 3.02. The molecule has 110 valence electrons. The van der Waals surface area contributed by atoms with Crippen molar-refractivity contribution in [1.29, 1.82) is 0 Å². The molecule has 0 unspecified atom stereocenters. The van der Waals surface area contributed by atoms with E-state index >= 15 is 0 Å². The Morgan fingerprint density at radius 2 is 2.00 bits per heavy atom. The number of aromatic nitrogens is 2. The van der Waals surface area contributed by atoms with Gasteiger partial charge in [-0.1, -0.05) is 15.9 Å². The van der Waals surface area contributed by atoms with Crippen LogP contribution in [-0.2, 0) is 0 Å². The number of nitro benzene ring substituents is 1. The number of nitro groups is 1. The summed E-state index contributed by atoms with van der Waals surface area (Å²) in [6.07, 6.45) is 1.27. The highest BCUT2D eigenvalue weighted by molar-refractivity contribution is 9.10. The third kappa shape index (κ3) is 2.73. The van der Waals surface area contributed by atoms with Crippen LogP contribution >= 0.6 is 15.9 Å². The fourth-order valence-electron chi connectivity index (χ4n) is 1.98. The molecule has 1 aromatic heterocycles. The molecule has 0 saturated carbocycles. The van der Waals surface area contributed by atoms with Crippen LogP contribution in [0.15, 0.2) is 47.2 Å². The standard InChI is InChI=1S/C14H8BrFN4O2/c15-8-1-4-12(11(16)5-8)19-14-10-3-2-9(20(21)22)6-13(10)17-7-18-14/h1-7H,(H,17,18,19). The molecule has 22 heavy (non-hydrogen) atoms. The number of nitrogens with zero attached hydrogens (tertiary/aromatic N) is 3. The van der Waals surface area contributed by atoms with Gasteiger partial charge in [-0.05, 0) is 24.3 Å². The van der Waals surface area contributed by atoms with Crippen LogP contribution < -0.4 is 5.32 Å². The van der Waals surface area contributed by atoms with Crippen molar-refractivity contribution in [2.24, 2.45) is 0 Å². The van der Waals surface area contributed by atoms with E-state index in [4.69, 9.17) is 0 Å². The summed E-state index contributed by atoms with van der Waals surface area (Å²) in [7, 11) is 0. The second-order valence-electron chi connectivity index (χ2n) is 4.43. The Morgan fingerprint density at radius 1 is 1.18 bits per heavy atom. The average Bonchev–Trinajstić information content (AvgIpc) is 2.49. The molecule has 8 heteroatoms. The average molecular weight is 363 g/mol. The Labute approximate surface area is 132 Å². The number of non-ortho nitro benzene ring substituents is 1. The molecule has 0 aliphatic carbocycles. The summed E-state index contributed by atoms with van der Waals surface area (Å²) in [5, 5.41) is 14.2. The lowest BCUT2D eigenvalue weighted by Crippen LogP contribution is -1.98. The van der Waals surface area contributed by atoms with E-state index in [1.54, 1.807) is 12.1 Å². The highest BCUT2D eigenvalue weighted by Crippen LogP contribution is 2.28. The van der Waals surface area contributed by atoms with Crippen molar-refractivity contribution >= 4 is 44.0 Å². The zero-order valence-electron chi connectivity index (χ0n) is 11.0. The third-order valence-corrected chi connectivity index (χ3v) is 3.51. The van der Waals surface area contributed by atoms with E-state index < -0.39 is 10.7 Å². The topological polar surface area (TPSA) is 81.0 Å². The Kier molecular flexibility index (Phi) is 3.68. The first-order valence-corrected chi connectivity index (χ1v) is 6.95. The maximum Gasteiger partial charge on any atom is 0.271 e. The molecule has 1 heterocycles. The van der Waals surface area contributed by atoms with Gasteiger partial charge < -0.3 is 5.32 Å². The Hall–Kier alpha value is -2.61. The van der Waals surface area contributed by atoms with E-state index in [-0.39, 0.29) is 11.4 Å². The Morgan fingerprint density at radius 3 is 2.73 bits per heavy atom. The van der Waals surface area contributed by atoms with Gasteiger partial charge in [0.1, 0.15) is 18.0 Å². The van der Waals surface area contributed by atoms with Crippen molar-refractivity contribution in [2.45, 2.75) is 0 Å². The molecule has 0 amide bonds. The van der Waals surface area contributed by atoms with Crippen molar-refractivity contribution in [3.05, 3.63) is 63.1 Å². The molecule has 0 aliphatic heterocycles. The van der Waals surface area contributed by atoms with Crippen molar-refractivity contribution < 1.29 is 9.31 Å². The van der Waals surface area contributed by atoms with Crippen molar-refractivity contribution in [3.8, 4) is 0 Å². The van der Waals surface area contributed by atoms with Crippen LogP contribution in [0.2, 0.25) is 0 Å². The molecular weight excluding hydrogens is 355 g/mol. The van der Waals surface area contributed by atoms with Gasteiger partial charge in [-0.3, -0.25) is 10.1 Å². The zero-order chi connectivity index (χ0) is 15.7. The SMILES string of the molecule is O=[N+]([O-])c1ccc2c(Nc3ccc(Br)cc3F)ncnc2c1. The van der Waals surface area contributed by atoms with Crippen molar-refractivity contribution in [2.75, 3.05) is 5.32 Å². The van der Waals surface area contributed by atoms with Gasteiger partial charge in [-0.2, -0.15) is 0 Å². The largest absolute Gasteiger partial charge is 0.337 e. The van der Waals surface area contributed by atoms with Gasteiger partial charge in [0.15, 0.2) is 0 Å². The summed E-state index contributed by atoms with van der Waals surface area (Å²) in [5.41, 5.74) is 0.595. The normalized spacial score (nSPS) is 10.6. The van der Waals surface area contributed by atoms with Crippen molar-refractivity contribution in [3.63, 3.8) is 0 Å². The second kappa shape index (κ2) is 5.64. The minimum Gasteiger partial charge on any atom is -0.337 e. The lowest BCUT2D eigenvalue weighted by Gasteiger charge is -2.09. The summed E-state index contributed by atoms with van der Waals surface area (Å²) in [6, 6.07) is 8.83. The molecule has 1 N–H and O–H groups in total. The van der Waals surface area contributed by atoms with Gasteiger partial charge in [0, 0.05) is 22.0 Å². The van der Waals surface area contributed by atoms with Crippen LogP contribution in [0.1, 0.15) is 0 Å². The summed E-state index contributed by atoms with van der Waals surface area (Å²) < 4.78 is 14.5. The fourth-order valence-corrected chi connectivity index (χ4v) is 2.31. The predicted octanol–water partition coefficient (Wildman–Crippen LogP) is 4.18. The molecule has 0 saturated heterocycles. The van der Waals surface area contributed by atoms with Crippen LogP contribution in [0.3, 0.4) is 0 Å². The van der Waals surface area contributed by atoms with Gasteiger partial charge in [0.2, 0.25) is 0 Å². The summed E-state index contributed by atoms with van der Waals surface area (Å²) >= 11 is 3.19. The van der Waals surface area contributed by atoms with Crippen LogP contribution in [-0.4, -0.2) is 14.9 Å². The number of rotatable bonds is 3. The maximum atomic E-state index is 13.9. The van der Waals surface area contributed by atoms with E-state index in [1.165, 1.54) is 30.6 Å². The van der Waals surface area contributed by atoms with Gasteiger partial charge in [-0.15, -0.1) is 0 Å². The molecule has 0 spiro atoms. The van der Waals surface area contributed by atoms with Crippen LogP contribution in [0.25, 0.3) is 10.9 Å². The van der Waals surface area contributed by atoms with E-state index in [2.05, 4.69) is 31.2 Å². The molecule has 0 atom stereocenters. The van der Waals surface area contributed by atoms with Crippen molar-refractivity contribution in [1.82, 2.24) is 9.97 Å². The molecule has 0 aliphatic rings. The van der Waals surface area contributed by atoms with Gasteiger partial charge in [0.25, 0.3) is 5.69 Å². The fraction of sp³-hybridized carbons (Fsp3) is 0. The quantitative estimate of drug-likeness (QED) is 0.558. The number of benzene rings is 2. The summed E-state index contributed by atoms with van der Waals surface area (Å²) in [5.74, 6) is -0.0656. The van der Waals surface area contributed by atoms with Crippen LogP contribution in [0, 0.1) is 15.9 Å². The van der Waals surface area contributed by atoms with E-state index in [1.807, 2.05) is 0 Å². The molecule has 0 bridgehead atoms. The molecule has 3 aromatic rings. The van der Waals surface area contributed by atoms with E-state index in [0.717, 1.165) is 0 Å². The molecule has 0 radical (unpaired) electrons. The number of hydrogen-bond donors (Lipinski definition) is 1. The monoisotopic (exact) mass is 362 g/mol. The van der Waals surface area contributed by atoms with Gasteiger partial charge in [-0.25, -0.2) is 14.4 Å². The lowest BCUT2D eigenvalue weighted by atomic mass is 10.2.